The molecule has 2 saturated heterocycles. The summed E-state index contributed by atoms with van der Waals surface area (Å²) in [6.07, 6.45) is 0.213. The molecule has 0 spiro atoms. The summed E-state index contributed by atoms with van der Waals surface area (Å²) in [5.74, 6) is 5.87. The van der Waals surface area contributed by atoms with Gasteiger partial charge in [0.1, 0.15) is 0 Å². The number of hydrogen-bond donors (Lipinski definition) is 0. The maximum absolute atomic E-state index is 12.4. The van der Waals surface area contributed by atoms with E-state index in [1.54, 1.807) is 0 Å². The number of allylic oxidation sites excluding steroid dienone is 1. The van der Waals surface area contributed by atoms with Crippen molar-refractivity contribution in [1.82, 2.24) is 0 Å². The van der Waals surface area contributed by atoms with Crippen LogP contribution in [-0.2, 0) is 14.2 Å². The van der Waals surface area contributed by atoms with Crippen LogP contribution in [0.5, 0.6) is 0 Å². The van der Waals surface area contributed by atoms with E-state index in [0.717, 1.165) is 47.4 Å². The average Bonchev–Trinajstić information content (AvgIpc) is 3.42. The van der Waals surface area contributed by atoms with Crippen molar-refractivity contribution in [3.05, 3.63) is 11.5 Å². The molecule has 0 aromatic rings. The van der Waals surface area contributed by atoms with Crippen LogP contribution in [0.15, 0.2) is 11.5 Å². The van der Waals surface area contributed by atoms with Crippen LogP contribution in [-0.4, -0.2) is 36.5 Å². The van der Waals surface area contributed by atoms with E-state index < -0.39 is 6.29 Å². The SMILES string of the molecule is CC1C(C)C2OC(F)(F)OC12.CC1C(C)C2OCCC12.CC1C(C)C2SC=CC12. The zero-order chi connectivity index (χ0) is 21.1. The maximum Gasteiger partial charge on any atom is 0.486 e. The van der Waals surface area contributed by atoms with E-state index in [0.29, 0.717) is 6.10 Å². The molecule has 0 aromatic heterocycles. The third-order valence-electron chi connectivity index (χ3n) is 8.81. The molecule has 5 fully saturated rings. The van der Waals surface area contributed by atoms with Gasteiger partial charge in [-0.3, -0.25) is 9.47 Å². The number of rotatable bonds is 0. The molecule has 166 valence electrons. The van der Waals surface area contributed by atoms with Crippen LogP contribution < -0.4 is 0 Å². The Kier molecular flexibility index (Phi) is 6.13. The Hall–Kier alpha value is -0.170. The quantitative estimate of drug-likeness (QED) is 0.485. The Morgan fingerprint density at radius 2 is 1.38 bits per heavy atom. The van der Waals surface area contributed by atoms with Gasteiger partial charge in [0.15, 0.2) is 0 Å². The molecule has 3 heterocycles. The minimum Gasteiger partial charge on any atom is -0.378 e. The Labute approximate surface area is 178 Å². The lowest BCUT2D eigenvalue weighted by molar-refractivity contribution is -0.348. The van der Waals surface area contributed by atoms with E-state index in [-0.39, 0.29) is 24.0 Å². The van der Waals surface area contributed by atoms with E-state index in [2.05, 4.69) is 48.7 Å². The molecule has 0 N–H and O–H groups in total. The van der Waals surface area contributed by atoms with Crippen LogP contribution >= 0.6 is 11.8 Å². The summed E-state index contributed by atoms with van der Waals surface area (Å²) < 4.78 is 39.1. The summed E-state index contributed by atoms with van der Waals surface area (Å²) in [5.41, 5.74) is 0. The largest absolute Gasteiger partial charge is 0.486 e. The summed E-state index contributed by atoms with van der Waals surface area (Å²) in [5, 5.41) is 3.22. The summed E-state index contributed by atoms with van der Waals surface area (Å²) in [6.45, 7) is 14.2. The summed E-state index contributed by atoms with van der Waals surface area (Å²) in [7, 11) is 0. The molecule has 12 atom stereocenters. The minimum absolute atomic E-state index is 0.188. The molecule has 6 aliphatic rings. The zero-order valence-electron chi connectivity index (χ0n) is 18.4. The summed E-state index contributed by atoms with van der Waals surface area (Å²) in [6, 6.07) is 0. The molecule has 29 heavy (non-hydrogen) atoms. The number of thioether (sulfide) groups is 1. The van der Waals surface area contributed by atoms with Crippen molar-refractivity contribution in [2.24, 2.45) is 47.3 Å². The van der Waals surface area contributed by atoms with Crippen LogP contribution in [0.2, 0.25) is 0 Å². The molecule has 3 nitrogen and oxygen atoms in total. The summed E-state index contributed by atoms with van der Waals surface area (Å²) in [4.78, 5) is 0. The van der Waals surface area contributed by atoms with Crippen molar-refractivity contribution in [2.75, 3.05) is 6.61 Å². The highest BCUT2D eigenvalue weighted by Gasteiger charge is 2.61. The smallest absolute Gasteiger partial charge is 0.378 e. The topological polar surface area (TPSA) is 27.7 Å². The van der Waals surface area contributed by atoms with Gasteiger partial charge in [-0.05, 0) is 59.2 Å². The first-order valence-corrected chi connectivity index (χ1v) is 12.2. The fourth-order valence-electron chi connectivity index (χ4n) is 5.90. The molecule has 0 bridgehead atoms. The zero-order valence-corrected chi connectivity index (χ0v) is 19.2. The number of halogens is 2. The Morgan fingerprint density at radius 3 is 1.93 bits per heavy atom. The van der Waals surface area contributed by atoms with Crippen LogP contribution in [0.4, 0.5) is 8.78 Å². The number of hydrogen-bond acceptors (Lipinski definition) is 4. The molecule has 6 rings (SSSR count). The standard InChI is InChI=1S/C8H14O.C8H12S.C7H10F2O2/c2*1-5-6(2)8-7(5)3-4-9-8;1-3-4(2)6-5(3)10-7(8,9)11-6/h5-8H,3-4H2,1-2H3;3-8H,1-2H3;3-6H,1-2H3. The van der Waals surface area contributed by atoms with Crippen LogP contribution in [0.3, 0.4) is 0 Å². The van der Waals surface area contributed by atoms with Gasteiger partial charge in [0.2, 0.25) is 0 Å². The second kappa shape index (κ2) is 8.07. The van der Waals surface area contributed by atoms with Crippen molar-refractivity contribution in [2.45, 2.75) is 77.8 Å². The van der Waals surface area contributed by atoms with Crippen molar-refractivity contribution >= 4 is 11.8 Å². The second-order valence-corrected chi connectivity index (χ2v) is 11.2. The van der Waals surface area contributed by atoms with Gasteiger partial charge in [-0.1, -0.05) is 47.6 Å². The predicted octanol–water partition coefficient (Wildman–Crippen LogP) is 5.80. The fourth-order valence-corrected chi connectivity index (χ4v) is 7.37. The fraction of sp³-hybridized carbons (Fsp3) is 0.913. The van der Waals surface area contributed by atoms with Gasteiger partial charge in [0.05, 0.1) is 18.3 Å². The predicted molar refractivity (Wildman–Crippen MR) is 112 cm³/mol. The summed E-state index contributed by atoms with van der Waals surface area (Å²) >= 11 is 2.02. The molecule has 0 radical (unpaired) electrons. The van der Waals surface area contributed by atoms with Crippen molar-refractivity contribution < 1.29 is 23.0 Å². The van der Waals surface area contributed by atoms with E-state index >= 15 is 0 Å². The monoisotopic (exact) mass is 430 g/mol. The Morgan fingerprint density at radius 1 is 0.793 bits per heavy atom. The van der Waals surface area contributed by atoms with Gasteiger partial charge in [-0.15, -0.1) is 20.5 Å². The van der Waals surface area contributed by atoms with E-state index in [9.17, 15) is 8.78 Å². The number of fused-ring (bicyclic) bond motifs is 3. The molecule has 0 aromatic carbocycles. The third-order valence-corrected chi connectivity index (χ3v) is 10.2. The van der Waals surface area contributed by atoms with Gasteiger partial charge in [-0.2, -0.15) is 0 Å². The van der Waals surface area contributed by atoms with Crippen molar-refractivity contribution in [1.29, 1.82) is 0 Å². The van der Waals surface area contributed by atoms with Crippen LogP contribution in [0, 0.1) is 47.3 Å². The van der Waals surface area contributed by atoms with E-state index in [4.69, 9.17) is 4.74 Å². The van der Waals surface area contributed by atoms with Crippen molar-refractivity contribution in [3.8, 4) is 0 Å². The second-order valence-electron chi connectivity index (χ2n) is 10.1. The molecule has 3 saturated carbocycles. The average molecular weight is 431 g/mol. The number of alkyl halides is 2. The first kappa shape index (κ1) is 22.0. The van der Waals surface area contributed by atoms with Crippen LogP contribution in [0.25, 0.3) is 0 Å². The molecule has 6 heteroatoms. The van der Waals surface area contributed by atoms with E-state index in [1.165, 1.54) is 6.42 Å². The molecule has 12 unspecified atom stereocenters. The molecule has 3 aliphatic carbocycles. The lowest BCUT2D eigenvalue weighted by atomic mass is 9.64. The number of ether oxygens (including phenoxy) is 3. The van der Waals surface area contributed by atoms with Gasteiger partial charge in [-0.25, -0.2) is 0 Å². The molecule has 3 aliphatic heterocycles. The highest BCUT2D eigenvalue weighted by Crippen LogP contribution is 2.52. The minimum atomic E-state index is -3.34. The first-order chi connectivity index (χ1) is 13.6. The lowest BCUT2D eigenvalue weighted by Crippen LogP contribution is -2.50. The van der Waals surface area contributed by atoms with E-state index in [1.807, 2.05) is 25.6 Å². The van der Waals surface area contributed by atoms with Gasteiger partial charge >= 0.3 is 6.29 Å². The van der Waals surface area contributed by atoms with Gasteiger partial charge in [0, 0.05) is 11.9 Å². The lowest BCUT2D eigenvalue weighted by Gasteiger charge is -2.44. The Bertz CT molecular complexity index is 594. The molecular formula is C23H36F2O3S. The van der Waals surface area contributed by atoms with Gasteiger partial charge in [0.25, 0.3) is 0 Å². The Balaban J connectivity index is 0.000000107. The maximum atomic E-state index is 12.4. The van der Waals surface area contributed by atoms with Crippen molar-refractivity contribution in [3.63, 3.8) is 0 Å². The molecule has 0 amide bonds. The highest BCUT2D eigenvalue weighted by molar-refractivity contribution is 8.03. The first-order valence-electron chi connectivity index (χ1n) is 11.3. The van der Waals surface area contributed by atoms with Gasteiger partial charge < -0.3 is 4.74 Å². The molecular weight excluding hydrogens is 394 g/mol. The highest BCUT2D eigenvalue weighted by atomic mass is 32.2. The third kappa shape index (κ3) is 3.81. The normalized spacial score (nSPS) is 54.9. The van der Waals surface area contributed by atoms with Crippen LogP contribution in [0.1, 0.15) is 48.0 Å².